The average Bonchev–Trinajstić information content (AvgIpc) is 3.49. The first-order valence-corrected chi connectivity index (χ1v) is 10.5. The number of anilines is 2. The topological polar surface area (TPSA) is 89.5 Å². The van der Waals surface area contributed by atoms with Gasteiger partial charge in [0, 0.05) is 19.0 Å². The van der Waals surface area contributed by atoms with E-state index in [0.717, 1.165) is 22.3 Å². The Morgan fingerprint density at radius 2 is 1.94 bits per heavy atom. The third-order valence-electron chi connectivity index (χ3n) is 6.08. The molecule has 0 bridgehead atoms. The predicted molar refractivity (Wildman–Crippen MR) is 103 cm³/mol. The standard InChI is InChI=1S/C19H22F4N6O3/c1-10-9-31-7-6-27(10)15-14(20)17(30)28-5-4-12(19(21,22)23)29(18(28)25-15)8-13-24-16(32-26-13)11-2-3-11/h10-12H,2-9H2,1H3/t10-,12+/m1/s1. The van der Waals surface area contributed by atoms with Crippen molar-refractivity contribution in [2.75, 3.05) is 29.6 Å². The van der Waals surface area contributed by atoms with E-state index < -0.39 is 30.0 Å². The van der Waals surface area contributed by atoms with Gasteiger partial charge >= 0.3 is 6.18 Å². The Kier molecular flexibility index (Phi) is 5.10. The maximum atomic E-state index is 15.0. The highest BCUT2D eigenvalue weighted by Gasteiger charge is 2.48. The zero-order valence-corrected chi connectivity index (χ0v) is 17.3. The van der Waals surface area contributed by atoms with E-state index in [1.54, 1.807) is 11.8 Å². The van der Waals surface area contributed by atoms with Crippen LogP contribution in [0.3, 0.4) is 0 Å². The van der Waals surface area contributed by atoms with Crippen molar-refractivity contribution in [3.8, 4) is 0 Å². The van der Waals surface area contributed by atoms with Crippen LogP contribution in [0, 0.1) is 5.82 Å². The van der Waals surface area contributed by atoms with Crippen molar-refractivity contribution in [2.45, 2.75) is 63.5 Å². The number of ether oxygens (including phenoxy) is 1. The van der Waals surface area contributed by atoms with Crippen molar-refractivity contribution in [1.82, 2.24) is 19.7 Å². The second-order valence-corrected chi connectivity index (χ2v) is 8.42. The van der Waals surface area contributed by atoms with Crippen molar-refractivity contribution in [3.63, 3.8) is 0 Å². The number of aromatic nitrogens is 4. The van der Waals surface area contributed by atoms with E-state index >= 15 is 0 Å². The molecule has 2 aromatic heterocycles. The summed E-state index contributed by atoms with van der Waals surface area (Å²) in [4.78, 5) is 23.7. The maximum Gasteiger partial charge on any atom is 0.408 e. The Labute approximate surface area is 180 Å². The smallest absolute Gasteiger partial charge is 0.377 e. The third kappa shape index (κ3) is 3.71. The molecular formula is C19H22F4N6O3. The highest BCUT2D eigenvalue weighted by atomic mass is 19.4. The first-order chi connectivity index (χ1) is 15.2. The van der Waals surface area contributed by atoms with Crippen LogP contribution in [0.4, 0.5) is 29.3 Å². The van der Waals surface area contributed by atoms with Gasteiger partial charge in [-0.2, -0.15) is 27.5 Å². The molecular weight excluding hydrogens is 436 g/mol. The molecule has 1 saturated carbocycles. The molecule has 1 aliphatic carbocycles. The first kappa shape index (κ1) is 21.2. The van der Waals surface area contributed by atoms with Crippen LogP contribution in [0.5, 0.6) is 0 Å². The molecule has 13 heteroatoms. The fraction of sp³-hybridized carbons (Fsp3) is 0.684. The van der Waals surface area contributed by atoms with Gasteiger partial charge < -0.3 is 19.1 Å². The maximum absolute atomic E-state index is 15.0. The van der Waals surface area contributed by atoms with Crippen molar-refractivity contribution < 1.29 is 26.8 Å². The van der Waals surface area contributed by atoms with E-state index in [0.29, 0.717) is 19.1 Å². The molecule has 3 aliphatic rings. The summed E-state index contributed by atoms with van der Waals surface area (Å²) in [7, 11) is 0. The third-order valence-corrected chi connectivity index (χ3v) is 6.08. The normalized spacial score (nSPS) is 24.0. The molecule has 174 valence electrons. The Balaban J connectivity index is 1.57. The molecule has 0 radical (unpaired) electrons. The lowest BCUT2D eigenvalue weighted by Gasteiger charge is -2.40. The highest BCUT2D eigenvalue weighted by molar-refractivity contribution is 5.48. The van der Waals surface area contributed by atoms with Gasteiger partial charge in [-0.3, -0.25) is 9.36 Å². The summed E-state index contributed by atoms with van der Waals surface area (Å²) < 4.78 is 68.2. The highest BCUT2D eigenvalue weighted by Crippen LogP contribution is 2.39. The minimum absolute atomic E-state index is 0.0643. The van der Waals surface area contributed by atoms with Gasteiger partial charge in [0.05, 0.1) is 25.8 Å². The molecule has 1 saturated heterocycles. The lowest BCUT2D eigenvalue weighted by Crippen LogP contribution is -2.53. The van der Waals surface area contributed by atoms with Gasteiger partial charge in [-0.15, -0.1) is 0 Å². The lowest BCUT2D eigenvalue weighted by molar-refractivity contribution is -0.153. The van der Waals surface area contributed by atoms with Gasteiger partial charge in [-0.25, -0.2) is 0 Å². The van der Waals surface area contributed by atoms with Crippen LogP contribution < -0.4 is 15.4 Å². The SMILES string of the molecule is C[C@@H]1COCCN1c1nc2n(c(=O)c1F)CC[C@@H](C(F)(F)F)N2Cc1noc(C2CC2)n1. The molecule has 0 unspecified atom stereocenters. The minimum Gasteiger partial charge on any atom is -0.377 e. The zero-order chi connectivity index (χ0) is 22.6. The molecule has 0 amide bonds. The number of hydrogen-bond acceptors (Lipinski definition) is 8. The second-order valence-electron chi connectivity index (χ2n) is 8.42. The molecule has 0 N–H and O–H groups in total. The molecule has 5 rings (SSSR count). The van der Waals surface area contributed by atoms with Crippen LogP contribution in [-0.2, 0) is 17.8 Å². The number of alkyl halides is 3. The largest absolute Gasteiger partial charge is 0.408 e. The zero-order valence-electron chi connectivity index (χ0n) is 17.3. The number of fused-ring (bicyclic) bond motifs is 1. The van der Waals surface area contributed by atoms with Crippen molar-refractivity contribution in [2.24, 2.45) is 0 Å². The first-order valence-electron chi connectivity index (χ1n) is 10.5. The van der Waals surface area contributed by atoms with Gasteiger partial charge in [0.2, 0.25) is 17.7 Å². The molecule has 9 nitrogen and oxygen atoms in total. The summed E-state index contributed by atoms with van der Waals surface area (Å²) in [6, 6.07) is -2.21. The summed E-state index contributed by atoms with van der Waals surface area (Å²) >= 11 is 0. The van der Waals surface area contributed by atoms with Crippen LogP contribution in [0.15, 0.2) is 9.32 Å². The number of morpholine rings is 1. The summed E-state index contributed by atoms with van der Waals surface area (Å²) in [5.41, 5.74) is -0.999. The Hall–Kier alpha value is -2.70. The fourth-order valence-corrected chi connectivity index (χ4v) is 4.21. The minimum atomic E-state index is -4.59. The molecule has 0 aromatic carbocycles. The number of halogens is 4. The average molecular weight is 458 g/mol. The fourth-order valence-electron chi connectivity index (χ4n) is 4.21. The number of nitrogens with zero attached hydrogens (tertiary/aromatic N) is 6. The monoisotopic (exact) mass is 458 g/mol. The Morgan fingerprint density at radius 1 is 1.16 bits per heavy atom. The summed E-state index contributed by atoms with van der Waals surface area (Å²) in [5, 5.41) is 3.81. The van der Waals surface area contributed by atoms with Crippen LogP contribution >= 0.6 is 0 Å². The summed E-state index contributed by atoms with van der Waals surface area (Å²) in [6.07, 6.45) is -3.21. The summed E-state index contributed by atoms with van der Waals surface area (Å²) in [5.74, 6) is -0.994. The number of rotatable bonds is 4. The molecule has 2 atom stereocenters. The quantitative estimate of drug-likeness (QED) is 0.645. The van der Waals surface area contributed by atoms with Gasteiger partial charge in [-0.05, 0) is 26.2 Å². The van der Waals surface area contributed by atoms with E-state index in [1.807, 2.05) is 0 Å². The molecule has 2 aliphatic heterocycles. The lowest BCUT2D eigenvalue weighted by atomic mass is 10.1. The summed E-state index contributed by atoms with van der Waals surface area (Å²) in [6.45, 7) is 1.97. The molecule has 2 fully saturated rings. The van der Waals surface area contributed by atoms with Crippen LogP contribution in [0.1, 0.15) is 43.8 Å². The van der Waals surface area contributed by atoms with Gasteiger partial charge in [0.15, 0.2) is 11.6 Å². The van der Waals surface area contributed by atoms with E-state index in [9.17, 15) is 22.4 Å². The number of hydrogen-bond donors (Lipinski definition) is 0. The van der Waals surface area contributed by atoms with E-state index in [2.05, 4.69) is 15.1 Å². The Bertz CT molecular complexity index is 1070. The van der Waals surface area contributed by atoms with Gasteiger partial charge in [0.25, 0.3) is 5.56 Å². The van der Waals surface area contributed by atoms with Gasteiger partial charge in [0.1, 0.15) is 6.04 Å². The second kappa shape index (κ2) is 7.71. The van der Waals surface area contributed by atoms with Crippen LogP contribution in [-0.4, -0.2) is 57.7 Å². The van der Waals surface area contributed by atoms with Crippen molar-refractivity contribution in [1.29, 1.82) is 0 Å². The Morgan fingerprint density at radius 3 is 2.62 bits per heavy atom. The van der Waals surface area contributed by atoms with Crippen LogP contribution in [0.2, 0.25) is 0 Å². The molecule has 32 heavy (non-hydrogen) atoms. The van der Waals surface area contributed by atoms with Crippen molar-refractivity contribution >= 4 is 11.8 Å². The molecule has 2 aromatic rings. The molecule has 4 heterocycles. The van der Waals surface area contributed by atoms with E-state index in [4.69, 9.17) is 9.26 Å². The van der Waals surface area contributed by atoms with Crippen molar-refractivity contribution in [3.05, 3.63) is 27.9 Å². The van der Waals surface area contributed by atoms with Crippen LogP contribution in [0.25, 0.3) is 0 Å². The van der Waals surface area contributed by atoms with E-state index in [1.165, 1.54) is 0 Å². The van der Waals surface area contributed by atoms with E-state index in [-0.39, 0.29) is 49.2 Å². The van der Waals surface area contributed by atoms with Gasteiger partial charge in [-0.1, -0.05) is 5.16 Å². The predicted octanol–water partition coefficient (Wildman–Crippen LogP) is 2.21. The molecule has 0 spiro atoms.